The Labute approximate surface area is 124 Å². The topological polar surface area (TPSA) is 47.3 Å². The summed E-state index contributed by atoms with van der Waals surface area (Å²) in [5.41, 5.74) is 7.48. The molecule has 0 radical (unpaired) electrons. The van der Waals surface area contributed by atoms with Gasteiger partial charge in [0.1, 0.15) is 5.75 Å². The van der Waals surface area contributed by atoms with E-state index in [0.717, 1.165) is 11.1 Å². The Balaban J connectivity index is 2.43. The van der Waals surface area contributed by atoms with Crippen molar-refractivity contribution in [2.24, 2.45) is 5.84 Å². The van der Waals surface area contributed by atoms with Crippen LogP contribution in [-0.2, 0) is 0 Å². The summed E-state index contributed by atoms with van der Waals surface area (Å²) in [6, 6.07) is 11.9. The fraction of sp³-hybridized carbons (Fsp3) is 0.250. The highest BCUT2D eigenvalue weighted by atomic mass is 35.5. The lowest BCUT2D eigenvalue weighted by Gasteiger charge is -2.19. The molecule has 0 spiro atoms. The van der Waals surface area contributed by atoms with Gasteiger partial charge in [-0.05, 0) is 48.2 Å². The molecule has 0 bridgehead atoms. The van der Waals surface area contributed by atoms with Crippen LogP contribution in [-0.4, -0.2) is 7.11 Å². The quantitative estimate of drug-likeness (QED) is 0.669. The fourth-order valence-corrected chi connectivity index (χ4v) is 2.38. The van der Waals surface area contributed by atoms with Crippen molar-refractivity contribution in [1.82, 2.24) is 5.43 Å². The highest BCUT2D eigenvalue weighted by Gasteiger charge is 2.15. The van der Waals surface area contributed by atoms with E-state index < -0.39 is 0 Å². The largest absolute Gasteiger partial charge is 0.495 e. The number of nitrogens with two attached hydrogens (primary N) is 1. The Kier molecular flexibility index (Phi) is 4.65. The van der Waals surface area contributed by atoms with Crippen molar-refractivity contribution in [3.8, 4) is 5.75 Å². The van der Waals surface area contributed by atoms with Crippen molar-refractivity contribution < 1.29 is 4.74 Å². The van der Waals surface area contributed by atoms with E-state index in [9.17, 15) is 0 Å². The molecule has 0 fully saturated rings. The van der Waals surface area contributed by atoms with Crippen molar-refractivity contribution >= 4 is 11.6 Å². The number of hydrazine groups is 1. The predicted molar refractivity (Wildman–Crippen MR) is 83.1 cm³/mol. The Morgan fingerprint density at radius 3 is 2.30 bits per heavy atom. The van der Waals surface area contributed by atoms with E-state index in [4.69, 9.17) is 22.2 Å². The lowest BCUT2D eigenvalue weighted by molar-refractivity contribution is 0.414. The molecule has 2 aromatic rings. The van der Waals surface area contributed by atoms with Crippen molar-refractivity contribution in [1.29, 1.82) is 0 Å². The molecule has 3 N–H and O–H groups in total. The van der Waals surface area contributed by atoms with Gasteiger partial charge in [-0.25, -0.2) is 5.43 Å². The Hall–Kier alpha value is -1.55. The number of methoxy groups -OCH3 is 1. The summed E-state index contributed by atoms with van der Waals surface area (Å²) in [5.74, 6) is 6.38. The number of halogens is 1. The molecule has 0 aliphatic carbocycles. The number of aryl methyl sites for hydroxylation is 2. The zero-order valence-corrected chi connectivity index (χ0v) is 12.7. The number of hydrogen-bond acceptors (Lipinski definition) is 3. The second kappa shape index (κ2) is 6.27. The van der Waals surface area contributed by atoms with Gasteiger partial charge in [0.2, 0.25) is 0 Å². The molecule has 0 amide bonds. The van der Waals surface area contributed by atoms with Gasteiger partial charge in [-0.2, -0.15) is 0 Å². The fourth-order valence-electron chi connectivity index (χ4n) is 2.19. The maximum atomic E-state index is 6.06. The van der Waals surface area contributed by atoms with Gasteiger partial charge < -0.3 is 4.74 Å². The van der Waals surface area contributed by atoms with Crippen LogP contribution in [0.1, 0.15) is 28.3 Å². The van der Waals surface area contributed by atoms with E-state index in [2.05, 4.69) is 37.5 Å². The average molecular weight is 291 g/mol. The molecule has 0 aliphatic rings. The lowest BCUT2D eigenvalue weighted by atomic mass is 9.96. The van der Waals surface area contributed by atoms with Gasteiger partial charge in [0.05, 0.1) is 18.2 Å². The van der Waals surface area contributed by atoms with Crippen molar-refractivity contribution in [2.45, 2.75) is 19.9 Å². The summed E-state index contributed by atoms with van der Waals surface area (Å²) in [4.78, 5) is 0. The van der Waals surface area contributed by atoms with Crippen molar-refractivity contribution in [2.75, 3.05) is 7.11 Å². The maximum absolute atomic E-state index is 6.06. The number of benzene rings is 2. The normalized spacial score (nSPS) is 12.2. The molecule has 1 atom stereocenters. The van der Waals surface area contributed by atoms with Crippen molar-refractivity contribution in [3.63, 3.8) is 0 Å². The monoisotopic (exact) mass is 290 g/mol. The van der Waals surface area contributed by atoms with Crippen LogP contribution in [0.3, 0.4) is 0 Å². The minimum atomic E-state index is -0.0968. The number of rotatable bonds is 4. The van der Waals surface area contributed by atoms with Gasteiger partial charge in [-0.15, -0.1) is 0 Å². The smallest absolute Gasteiger partial charge is 0.137 e. The van der Waals surface area contributed by atoms with Gasteiger partial charge in [-0.1, -0.05) is 35.9 Å². The van der Waals surface area contributed by atoms with Crippen LogP contribution >= 0.6 is 11.6 Å². The number of nitrogens with one attached hydrogen (secondary N) is 1. The summed E-state index contributed by atoms with van der Waals surface area (Å²) >= 11 is 6.06. The molecule has 106 valence electrons. The highest BCUT2D eigenvalue weighted by Crippen LogP contribution is 2.30. The molecule has 0 saturated carbocycles. The Bertz CT molecular complexity index is 613. The summed E-state index contributed by atoms with van der Waals surface area (Å²) in [6.07, 6.45) is 0. The molecule has 2 aromatic carbocycles. The molecule has 0 saturated heterocycles. The Morgan fingerprint density at radius 1 is 1.05 bits per heavy atom. The number of ether oxygens (including phenoxy) is 1. The van der Waals surface area contributed by atoms with E-state index in [-0.39, 0.29) is 6.04 Å². The first kappa shape index (κ1) is 14.9. The van der Waals surface area contributed by atoms with Gasteiger partial charge in [0, 0.05) is 0 Å². The van der Waals surface area contributed by atoms with Crippen LogP contribution in [0, 0.1) is 13.8 Å². The third-order valence-corrected chi connectivity index (χ3v) is 3.85. The summed E-state index contributed by atoms with van der Waals surface area (Å²) in [5, 5.41) is 0.590. The standard InChI is InChI=1S/C16H19ClN2O/c1-10-4-5-12(8-11(10)2)16(19-18)13-6-7-14(17)15(9-13)20-3/h4-9,16,19H,18H2,1-3H3. The molecular formula is C16H19ClN2O. The van der Waals surface area contributed by atoms with Crippen LogP contribution < -0.4 is 16.0 Å². The minimum absolute atomic E-state index is 0.0968. The van der Waals surface area contributed by atoms with E-state index in [1.807, 2.05) is 18.2 Å². The summed E-state index contributed by atoms with van der Waals surface area (Å²) < 4.78 is 5.26. The van der Waals surface area contributed by atoms with Crippen LogP contribution in [0.4, 0.5) is 0 Å². The third kappa shape index (κ3) is 2.96. The van der Waals surface area contributed by atoms with Crippen LogP contribution in [0.2, 0.25) is 5.02 Å². The van der Waals surface area contributed by atoms with E-state index >= 15 is 0 Å². The molecular weight excluding hydrogens is 272 g/mol. The first-order valence-electron chi connectivity index (χ1n) is 6.43. The van der Waals surface area contributed by atoms with Crippen LogP contribution in [0.25, 0.3) is 0 Å². The second-order valence-corrected chi connectivity index (χ2v) is 5.24. The Morgan fingerprint density at radius 2 is 1.70 bits per heavy atom. The molecule has 4 heteroatoms. The highest BCUT2D eigenvalue weighted by molar-refractivity contribution is 6.32. The predicted octanol–water partition coefficient (Wildman–Crippen LogP) is 3.52. The SMILES string of the molecule is COc1cc(C(NN)c2ccc(C)c(C)c2)ccc1Cl. The van der Waals surface area contributed by atoms with E-state index in [1.54, 1.807) is 7.11 Å². The molecule has 0 aromatic heterocycles. The van der Waals surface area contributed by atoms with Crippen LogP contribution in [0.15, 0.2) is 36.4 Å². The zero-order valence-electron chi connectivity index (χ0n) is 11.9. The van der Waals surface area contributed by atoms with E-state index in [0.29, 0.717) is 10.8 Å². The first-order valence-corrected chi connectivity index (χ1v) is 6.81. The van der Waals surface area contributed by atoms with Gasteiger partial charge in [-0.3, -0.25) is 5.84 Å². The molecule has 0 heterocycles. The molecule has 0 aliphatic heterocycles. The van der Waals surface area contributed by atoms with Gasteiger partial charge >= 0.3 is 0 Å². The molecule has 20 heavy (non-hydrogen) atoms. The lowest BCUT2D eigenvalue weighted by Crippen LogP contribution is -2.28. The molecule has 1 unspecified atom stereocenters. The van der Waals surface area contributed by atoms with Gasteiger partial charge in [0.25, 0.3) is 0 Å². The zero-order chi connectivity index (χ0) is 14.7. The van der Waals surface area contributed by atoms with Gasteiger partial charge in [0.15, 0.2) is 0 Å². The maximum Gasteiger partial charge on any atom is 0.137 e. The van der Waals surface area contributed by atoms with Crippen molar-refractivity contribution in [3.05, 3.63) is 63.7 Å². The summed E-state index contributed by atoms with van der Waals surface area (Å²) in [7, 11) is 1.60. The molecule has 2 rings (SSSR count). The minimum Gasteiger partial charge on any atom is -0.495 e. The second-order valence-electron chi connectivity index (χ2n) is 4.84. The third-order valence-electron chi connectivity index (χ3n) is 3.54. The van der Waals surface area contributed by atoms with Crippen LogP contribution in [0.5, 0.6) is 5.75 Å². The van der Waals surface area contributed by atoms with E-state index in [1.165, 1.54) is 11.1 Å². The molecule has 3 nitrogen and oxygen atoms in total. The summed E-state index contributed by atoms with van der Waals surface area (Å²) in [6.45, 7) is 4.18. The number of hydrogen-bond donors (Lipinski definition) is 2. The average Bonchev–Trinajstić information content (AvgIpc) is 2.45. The first-order chi connectivity index (χ1) is 9.56.